The summed E-state index contributed by atoms with van der Waals surface area (Å²) in [6.07, 6.45) is 8.01. The van der Waals surface area contributed by atoms with E-state index in [1.807, 2.05) is 19.1 Å². The zero-order chi connectivity index (χ0) is 9.40. The summed E-state index contributed by atoms with van der Waals surface area (Å²) in [6.45, 7) is 3.62. The molecule has 0 atom stereocenters. The first kappa shape index (κ1) is 10.7. The van der Waals surface area contributed by atoms with E-state index in [1.165, 1.54) is 0 Å². The van der Waals surface area contributed by atoms with Crippen LogP contribution in [0, 0.1) is 0 Å². The molecule has 0 aromatic rings. The molecule has 0 rings (SSSR count). The Labute approximate surface area is 73.2 Å². The van der Waals surface area contributed by atoms with Gasteiger partial charge in [-0.1, -0.05) is 18.2 Å². The zero-order valence-electron chi connectivity index (χ0n) is 7.70. The minimum atomic E-state index is 0.703. The second-order valence-corrected chi connectivity index (χ2v) is 2.39. The largest absolute Gasteiger partial charge is 0.501 e. The first-order valence-electron chi connectivity index (χ1n) is 3.71. The van der Waals surface area contributed by atoms with Crippen LogP contribution in [0.3, 0.4) is 0 Å². The van der Waals surface area contributed by atoms with Crippen molar-refractivity contribution in [2.45, 2.75) is 13.8 Å². The van der Waals surface area contributed by atoms with Gasteiger partial charge in [-0.15, -0.1) is 0 Å². The Balaban J connectivity index is 4.01. The molecule has 0 radical (unpaired) electrons. The number of hydrogen-bond acceptors (Lipinski definition) is 2. The van der Waals surface area contributed by atoms with Gasteiger partial charge in [0, 0.05) is 0 Å². The monoisotopic (exact) mass is 166 g/mol. The number of hydrogen-bond donors (Lipinski definition) is 0. The van der Waals surface area contributed by atoms with Gasteiger partial charge in [-0.05, 0) is 25.5 Å². The van der Waals surface area contributed by atoms with E-state index >= 15 is 0 Å². The molecule has 0 heterocycles. The number of ether oxygens (including phenoxy) is 1. The first-order chi connectivity index (χ1) is 5.70. The molecule has 0 aromatic heterocycles. The predicted molar refractivity (Wildman–Crippen MR) is 49.7 cm³/mol. The quantitative estimate of drug-likeness (QED) is 0.277. The summed E-state index contributed by atoms with van der Waals surface area (Å²) in [5, 5.41) is 0. The summed E-state index contributed by atoms with van der Waals surface area (Å²) in [5.74, 6) is 0.836. The molecule has 0 fully saturated rings. The first-order valence-corrected chi connectivity index (χ1v) is 3.71. The van der Waals surface area contributed by atoms with E-state index in [9.17, 15) is 4.79 Å². The Morgan fingerprint density at radius 3 is 2.25 bits per heavy atom. The van der Waals surface area contributed by atoms with Crippen molar-refractivity contribution in [2.24, 2.45) is 0 Å². The Morgan fingerprint density at radius 2 is 1.75 bits per heavy atom. The molecule has 66 valence electrons. The summed E-state index contributed by atoms with van der Waals surface area (Å²) in [5.41, 5.74) is 0.703. The summed E-state index contributed by atoms with van der Waals surface area (Å²) >= 11 is 0. The molecule has 0 N–H and O–H groups in total. The van der Waals surface area contributed by atoms with E-state index in [2.05, 4.69) is 0 Å². The van der Waals surface area contributed by atoms with E-state index in [0.717, 1.165) is 12.0 Å². The molecule has 0 bridgehead atoms. The van der Waals surface area contributed by atoms with Crippen LogP contribution in [0.2, 0.25) is 0 Å². The molecule has 0 saturated heterocycles. The van der Waals surface area contributed by atoms with E-state index < -0.39 is 0 Å². The third-order valence-corrected chi connectivity index (χ3v) is 1.31. The summed E-state index contributed by atoms with van der Waals surface area (Å²) in [6, 6.07) is 0. The summed E-state index contributed by atoms with van der Waals surface area (Å²) in [4.78, 5) is 10.1. The van der Waals surface area contributed by atoms with Crippen molar-refractivity contribution < 1.29 is 9.53 Å². The van der Waals surface area contributed by atoms with Crippen LogP contribution in [0.5, 0.6) is 0 Å². The highest BCUT2D eigenvalue weighted by Crippen LogP contribution is 1.93. The number of allylic oxidation sites excluding steroid dienone is 6. The molecule has 12 heavy (non-hydrogen) atoms. The van der Waals surface area contributed by atoms with Gasteiger partial charge in [0.2, 0.25) is 0 Å². The van der Waals surface area contributed by atoms with E-state index in [0.29, 0.717) is 5.57 Å². The average molecular weight is 166 g/mol. The lowest BCUT2D eigenvalue weighted by molar-refractivity contribution is -0.104. The molecule has 0 spiro atoms. The highest BCUT2D eigenvalue weighted by molar-refractivity contribution is 5.72. The van der Waals surface area contributed by atoms with Crippen molar-refractivity contribution in [1.29, 1.82) is 0 Å². The van der Waals surface area contributed by atoms with E-state index in [4.69, 9.17) is 4.74 Å². The maximum absolute atomic E-state index is 10.1. The van der Waals surface area contributed by atoms with Gasteiger partial charge in [-0.25, -0.2) is 0 Å². The summed E-state index contributed by atoms with van der Waals surface area (Å²) in [7, 11) is 1.62. The minimum Gasteiger partial charge on any atom is -0.501 e. The Hall–Kier alpha value is -1.31. The van der Waals surface area contributed by atoms with Gasteiger partial charge in [-0.2, -0.15) is 0 Å². The van der Waals surface area contributed by atoms with Crippen LogP contribution in [0.1, 0.15) is 13.8 Å². The molecule has 2 nitrogen and oxygen atoms in total. The lowest BCUT2D eigenvalue weighted by Crippen LogP contribution is -1.76. The fraction of sp³-hybridized carbons (Fsp3) is 0.300. The topological polar surface area (TPSA) is 26.3 Å². The molecule has 0 amide bonds. The third kappa shape index (κ3) is 5.47. The fourth-order valence-corrected chi connectivity index (χ4v) is 0.506. The van der Waals surface area contributed by atoms with E-state index in [1.54, 1.807) is 26.2 Å². The van der Waals surface area contributed by atoms with Crippen LogP contribution in [0.15, 0.2) is 35.6 Å². The maximum Gasteiger partial charge on any atom is 0.145 e. The molecule has 0 aliphatic carbocycles. The zero-order valence-corrected chi connectivity index (χ0v) is 7.70. The smallest absolute Gasteiger partial charge is 0.145 e. The minimum absolute atomic E-state index is 0.703. The average Bonchev–Trinajstić information content (AvgIpc) is 2.11. The predicted octanol–water partition coefficient (Wildman–Crippen LogP) is 2.24. The standard InChI is InChI=1S/C10H14O2/c1-9(8-11)6-4-5-7-10(2)12-3/h4-8H,1-3H3/b5-4+,9-6+,10-7+. The Bertz CT molecular complexity index is 222. The molecule has 0 aromatic carbocycles. The highest BCUT2D eigenvalue weighted by Gasteiger charge is 1.79. The molecule has 2 heteroatoms. The van der Waals surface area contributed by atoms with Gasteiger partial charge >= 0.3 is 0 Å². The Morgan fingerprint density at radius 1 is 1.17 bits per heavy atom. The number of carbonyl (C=O) groups excluding carboxylic acids is 1. The summed E-state index contributed by atoms with van der Waals surface area (Å²) < 4.78 is 4.90. The maximum atomic E-state index is 10.1. The number of aldehydes is 1. The molecular weight excluding hydrogens is 152 g/mol. The second kappa shape index (κ2) is 6.40. The molecule has 0 aliphatic rings. The van der Waals surface area contributed by atoms with Crippen LogP contribution in [0.25, 0.3) is 0 Å². The normalized spacial score (nSPS) is 13.6. The number of carbonyl (C=O) groups is 1. The van der Waals surface area contributed by atoms with Crippen molar-refractivity contribution in [3.05, 3.63) is 35.6 Å². The SMILES string of the molecule is CO/C(C)=C/C=C/C=C(\C)C=O. The van der Waals surface area contributed by atoms with Crippen molar-refractivity contribution in [1.82, 2.24) is 0 Å². The van der Waals surface area contributed by atoms with Gasteiger partial charge in [-0.3, -0.25) is 4.79 Å². The Kier molecular flexibility index (Phi) is 5.70. The molecular formula is C10H14O2. The number of methoxy groups -OCH3 is 1. The van der Waals surface area contributed by atoms with Crippen LogP contribution >= 0.6 is 0 Å². The van der Waals surface area contributed by atoms with Gasteiger partial charge in [0.1, 0.15) is 6.29 Å². The van der Waals surface area contributed by atoms with Gasteiger partial charge < -0.3 is 4.74 Å². The molecule has 0 unspecified atom stereocenters. The van der Waals surface area contributed by atoms with Crippen molar-refractivity contribution in [2.75, 3.05) is 7.11 Å². The molecule has 0 saturated carbocycles. The van der Waals surface area contributed by atoms with Crippen molar-refractivity contribution in [3.8, 4) is 0 Å². The van der Waals surface area contributed by atoms with Gasteiger partial charge in [0.15, 0.2) is 0 Å². The van der Waals surface area contributed by atoms with Crippen LogP contribution in [-0.4, -0.2) is 13.4 Å². The lowest BCUT2D eigenvalue weighted by atomic mass is 10.3. The van der Waals surface area contributed by atoms with E-state index in [-0.39, 0.29) is 0 Å². The lowest BCUT2D eigenvalue weighted by Gasteiger charge is -1.93. The van der Waals surface area contributed by atoms with Crippen molar-refractivity contribution in [3.63, 3.8) is 0 Å². The van der Waals surface area contributed by atoms with Crippen LogP contribution in [0.4, 0.5) is 0 Å². The third-order valence-electron chi connectivity index (χ3n) is 1.31. The second-order valence-electron chi connectivity index (χ2n) is 2.39. The fourth-order valence-electron chi connectivity index (χ4n) is 0.506. The van der Waals surface area contributed by atoms with Crippen LogP contribution < -0.4 is 0 Å². The van der Waals surface area contributed by atoms with Gasteiger partial charge in [0.25, 0.3) is 0 Å². The molecule has 0 aliphatic heterocycles. The number of rotatable bonds is 4. The van der Waals surface area contributed by atoms with Crippen LogP contribution in [-0.2, 0) is 9.53 Å². The van der Waals surface area contributed by atoms with Crippen molar-refractivity contribution >= 4 is 6.29 Å². The highest BCUT2D eigenvalue weighted by atomic mass is 16.5. The van der Waals surface area contributed by atoms with Gasteiger partial charge in [0.05, 0.1) is 12.9 Å².